The summed E-state index contributed by atoms with van der Waals surface area (Å²) in [5, 5.41) is 13.3. The molecule has 1 aliphatic carbocycles. The molecule has 0 radical (unpaired) electrons. The van der Waals surface area contributed by atoms with Crippen molar-refractivity contribution in [3.05, 3.63) is 72.2 Å². The molecule has 3 heterocycles. The first-order chi connectivity index (χ1) is 17.7. The smallest absolute Gasteiger partial charge is 0.258 e. The van der Waals surface area contributed by atoms with Gasteiger partial charge in [0.05, 0.1) is 25.1 Å². The maximum atomic E-state index is 12.1. The van der Waals surface area contributed by atoms with Crippen molar-refractivity contribution >= 4 is 17.4 Å². The molecule has 9 heteroatoms. The van der Waals surface area contributed by atoms with Gasteiger partial charge in [-0.3, -0.25) is 9.89 Å². The molecule has 3 N–H and O–H groups in total. The van der Waals surface area contributed by atoms with Gasteiger partial charge in [0.1, 0.15) is 11.6 Å². The summed E-state index contributed by atoms with van der Waals surface area (Å²) >= 11 is 0. The Kier molecular flexibility index (Phi) is 6.05. The predicted octanol–water partition coefficient (Wildman–Crippen LogP) is 4.36. The van der Waals surface area contributed by atoms with E-state index in [1.807, 2.05) is 54.7 Å². The Labute approximate surface area is 208 Å². The van der Waals surface area contributed by atoms with Crippen molar-refractivity contribution in [1.82, 2.24) is 25.5 Å². The van der Waals surface area contributed by atoms with Gasteiger partial charge < -0.3 is 20.1 Å². The summed E-state index contributed by atoms with van der Waals surface area (Å²) in [6, 6.07) is 15.9. The fourth-order valence-corrected chi connectivity index (χ4v) is 4.27. The minimum atomic E-state index is -0.0960. The van der Waals surface area contributed by atoms with Gasteiger partial charge in [0.25, 0.3) is 5.91 Å². The SMILES string of the molecule is O=C(COc1cccc(-c2nc3c(c(Nc4ccc(-c5cn[nH]c5)cc4)n2)COC3)c1)NC1CCC1. The van der Waals surface area contributed by atoms with Crippen LogP contribution in [-0.2, 0) is 22.7 Å². The molecule has 9 nitrogen and oxygen atoms in total. The number of benzene rings is 2. The van der Waals surface area contributed by atoms with Crippen molar-refractivity contribution in [3.8, 4) is 28.3 Å². The number of nitrogens with zero attached hydrogens (tertiary/aromatic N) is 3. The lowest BCUT2D eigenvalue weighted by molar-refractivity contribution is -0.124. The number of amides is 1. The summed E-state index contributed by atoms with van der Waals surface area (Å²) in [5.41, 5.74) is 5.64. The maximum absolute atomic E-state index is 12.1. The molecule has 0 spiro atoms. The number of carbonyl (C=O) groups is 1. The molecule has 1 saturated carbocycles. The highest BCUT2D eigenvalue weighted by molar-refractivity contribution is 5.78. The summed E-state index contributed by atoms with van der Waals surface area (Å²) < 4.78 is 11.4. The highest BCUT2D eigenvalue weighted by Gasteiger charge is 2.22. The molecular formula is C27H26N6O3. The van der Waals surface area contributed by atoms with Gasteiger partial charge in [-0.15, -0.1) is 0 Å². The van der Waals surface area contributed by atoms with Crippen LogP contribution in [0.25, 0.3) is 22.5 Å². The van der Waals surface area contributed by atoms with E-state index in [-0.39, 0.29) is 12.5 Å². The number of H-pyrrole nitrogens is 1. The summed E-state index contributed by atoms with van der Waals surface area (Å²) in [6.07, 6.45) is 6.92. The van der Waals surface area contributed by atoms with Gasteiger partial charge in [-0.1, -0.05) is 24.3 Å². The number of rotatable bonds is 8. The summed E-state index contributed by atoms with van der Waals surface area (Å²) in [5.74, 6) is 1.79. The van der Waals surface area contributed by atoms with E-state index in [1.165, 1.54) is 6.42 Å². The van der Waals surface area contributed by atoms with E-state index in [0.717, 1.165) is 52.3 Å². The summed E-state index contributed by atoms with van der Waals surface area (Å²) in [6.45, 7) is 0.890. The summed E-state index contributed by atoms with van der Waals surface area (Å²) in [7, 11) is 0. The topological polar surface area (TPSA) is 114 Å². The number of carbonyl (C=O) groups excluding carboxylic acids is 1. The number of aromatic nitrogens is 4. The molecule has 0 bridgehead atoms. The van der Waals surface area contributed by atoms with Crippen LogP contribution in [-0.4, -0.2) is 38.7 Å². The number of aromatic amines is 1. The molecular weight excluding hydrogens is 456 g/mol. The second kappa shape index (κ2) is 9.79. The van der Waals surface area contributed by atoms with E-state index >= 15 is 0 Å². The van der Waals surface area contributed by atoms with Crippen LogP contribution in [0.15, 0.2) is 60.9 Å². The van der Waals surface area contributed by atoms with E-state index in [0.29, 0.717) is 30.8 Å². The van der Waals surface area contributed by atoms with Gasteiger partial charge in [0.2, 0.25) is 0 Å². The molecule has 0 saturated heterocycles. The molecule has 1 aliphatic heterocycles. The Bertz CT molecular complexity index is 1370. The molecule has 36 heavy (non-hydrogen) atoms. The standard InChI is InChI=1S/C27H26N6O3/c34-25(30-20-4-2-5-20)16-36-22-6-1-3-18(11-22)26-32-24-15-35-14-23(24)27(33-26)31-21-9-7-17(8-10-21)19-12-28-29-13-19/h1,3,6-13,20H,2,4-5,14-16H2,(H,28,29)(H,30,34)(H,31,32,33). The highest BCUT2D eigenvalue weighted by Crippen LogP contribution is 2.31. The van der Waals surface area contributed by atoms with Crippen LogP contribution < -0.4 is 15.4 Å². The number of ether oxygens (including phenoxy) is 2. The molecule has 2 aliphatic rings. The van der Waals surface area contributed by atoms with Crippen LogP contribution in [0.2, 0.25) is 0 Å². The third kappa shape index (κ3) is 4.78. The van der Waals surface area contributed by atoms with Crippen LogP contribution in [0.5, 0.6) is 5.75 Å². The first-order valence-electron chi connectivity index (χ1n) is 12.1. The van der Waals surface area contributed by atoms with Crippen molar-refractivity contribution in [2.24, 2.45) is 0 Å². The molecule has 2 aromatic heterocycles. The number of hydrogen-bond donors (Lipinski definition) is 3. The van der Waals surface area contributed by atoms with Crippen LogP contribution in [0.3, 0.4) is 0 Å². The number of fused-ring (bicyclic) bond motifs is 1. The van der Waals surface area contributed by atoms with E-state index in [9.17, 15) is 4.79 Å². The Hall–Kier alpha value is -4.24. The lowest BCUT2D eigenvalue weighted by Gasteiger charge is -2.26. The van der Waals surface area contributed by atoms with Crippen molar-refractivity contribution < 1.29 is 14.3 Å². The molecule has 2 aromatic carbocycles. The predicted molar refractivity (Wildman–Crippen MR) is 135 cm³/mol. The van der Waals surface area contributed by atoms with Crippen molar-refractivity contribution in [3.63, 3.8) is 0 Å². The Morgan fingerprint density at radius 3 is 2.72 bits per heavy atom. The first kappa shape index (κ1) is 22.2. The lowest BCUT2D eigenvalue weighted by Crippen LogP contribution is -2.41. The average Bonchev–Trinajstić information content (AvgIpc) is 3.58. The minimum absolute atomic E-state index is 0.0134. The summed E-state index contributed by atoms with van der Waals surface area (Å²) in [4.78, 5) is 21.7. The van der Waals surface area contributed by atoms with Crippen molar-refractivity contribution in [2.45, 2.75) is 38.5 Å². The lowest BCUT2D eigenvalue weighted by atomic mass is 9.93. The largest absolute Gasteiger partial charge is 0.484 e. The maximum Gasteiger partial charge on any atom is 0.258 e. The molecule has 1 fully saturated rings. The number of nitrogens with one attached hydrogen (secondary N) is 3. The van der Waals surface area contributed by atoms with Crippen molar-refractivity contribution in [2.75, 3.05) is 11.9 Å². The van der Waals surface area contributed by atoms with E-state index in [1.54, 1.807) is 6.20 Å². The van der Waals surface area contributed by atoms with Crippen LogP contribution in [0.4, 0.5) is 11.5 Å². The second-order valence-corrected chi connectivity index (χ2v) is 9.02. The van der Waals surface area contributed by atoms with Gasteiger partial charge in [0, 0.05) is 34.6 Å². The Morgan fingerprint density at radius 2 is 1.94 bits per heavy atom. The first-order valence-corrected chi connectivity index (χ1v) is 12.1. The zero-order chi connectivity index (χ0) is 24.3. The minimum Gasteiger partial charge on any atom is -0.484 e. The number of hydrogen-bond acceptors (Lipinski definition) is 7. The third-order valence-corrected chi connectivity index (χ3v) is 6.49. The van der Waals surface area contributed by atoms with Gasteiger partial charge in [-0.05, 0) is 49.1 Å². The van der Waals surface area contributed by atoms with E-state index in [4.69, 9.17) is 19.4 Å². The van der Waals surface area contributed by atoms with Crippen molar-refractivity contribution in [1.29, 1.82) is 0 Å². The molecule has 6 rings (SSSR count). The normalized spacial score (nSPS) is 14.7. The van der Waals surface area contributed by atoms with Crippen LogP contribution in [0, 0.1) is 0 Å². The fraction of sp³-hybridized carbons (Fsp3) is 0.259. The molecule has 0 atom stereocenters. The second-order valence-electron chi connectivity index (χ2n) is 9.02. The zero-order valence-electron chi connectivity index (χ0n) is 19.7. The van der Waals surface area contributed by atoms with E-state index in [2.05, 4.69) is 20.8 Å². The van der Waals surface area contributed by atoms with Crippen LogP contribution in [0.1, 0.15) is 30.5 Å². The third-order valence-electron chi connectivity index (χ3n) is 6.49. The monoisotopic (exact) mass is 482 g/mol. The molecule has 4 aromatic rings. The molecule has 1 amide bonds. The van der Waals surface area contributed by atoms with Gasteiger partial charge in [-0.2, -0.15) is 5.10 Å². The van der Waals surface area contributed by atoms with E-state index < -0.39 is 0 Å². The fourth-order valence-electron chi connectivity index (χ4n) is 4.27. The van der Waals surface area contributed by atoms with Gasteiger partial charge in [-0.25, -0.2) is 9.97 Å². The highest BCUT2D eigenvalue weighted by atomic mass is 16.5. The molecule has 182 valence electrons. The van der Waals surface area contributed by atoms with Gasteiger partial charge in [0.15, 0.2) is 12.4 Å². The number of anilines is 2. The van der Waals surface area contributed by atoms with Crippen LogP contribution >= 0.6 is 0 Å². The zero-order valence-corrected chi connectivity index (χ0v) is 19.7. The van der Waals surface area contributed by atoms with Gasteiger partial charge >= 0.3 is 0 Å². The quantitative estimate of drug-likeness (QED) is 0.342. The average molecular weight is 483 g/mol. The Morgan fingerprint density at radius 1 is 1.06 bits per heavy atom. The Balaban J connectivity index is 1.20. The molecule has 0 unspecified atom stereocenters.